The highest BCUT2D eigenvalue weighted by atomic mass is 16.6. The second-order valence-electron chi connectivity index (χ2n) is 6.75. The summed E-state index contributed by atoms with van der Waals surface area (Å²) in [6, 6.07) is 4.65. The smallest absolute Gasteiger partial charge is 0.293 e. The summed E-state index contributed by atoms with van der Waals surface area (Å²) >= 11 is 0. The zero-order chi connectivity index (χ0) is 17.2. The lowest BCUT2D eigenvalue weighted by Gasteiger charge is -2.28. The molecule has 1 aliphatic carbocycles. The molecule has 1 amide bonds. The molecule has 2 aliphatic rings. The molecule has 1 aliphatic heterocycles. The van der Waals surface area contributed by atoms with Gasteiger partial charge in [-0.1, -0.05) is 12.8 Å². The summed E-state index contributed by atoms with van der Waals surface area (Å²) in [5.74, 6) is -0.359. The first kappa shape index (κ1) is 16.7. The van der Waals surface area contributed by atoms with Crippen LogP contribution in [-0.2, 0) is 0 Å². The van der Waals surface area contributed by atoms with Crippen molar-refractivity contribution in [2.24, 2.45) is 0 Å². The summed E-state index contributed by atoms with van der Waals surface area (Å²) in [6.45, 7) is 1.51. The van der Waals surface area contributed by atoms with Gasteiger partial charge in [0, 0.05) is 24.7 Å². The van der Waals surface area contributed by atoms with Crippen LogP contribution in [0.15, 0.2) is 18.2 Å². The maximum absolute atomic E-state index is 12.5. The van der Waals surface area contributed by atoms with Gasteiger partial charge in [-0.2, -0.15) is 0 Å². The number of nitro benzene ring substituents is 1. The molecule has 1 saturated carbocycles. The molecule has 1 heterocycles. The van der Waals surface area contributed by atoms with Crippen molar-refractivity contribution in [3.05, 3.63) is 33.9 Å². The minimum absolute atomic E-state index is 0.0333. The van der Waals surface area contributed by atoms with E-state index in [0.29, 0.717) is 5.69 Å². The van der Waals surface area contributed by atoms with Crippen LogP contribution in [0.25, 0.3) is 0 Å². The molecule has 0 unspecified atom stereocenters. The highest BCUT2D eigenvalue weighted by molar-refractivity contribution is 5.96. The zero-order valence-corrected chi connectivity index (χ0v) is 13.7. The Morgan fingerprint density at radius 1 is 1.25 bits per heavy atom. The van der Waals surface area contributed by atoms with E-state index in [9.17, 15) is 20.0 Å². The fraction of sp³-hybridized carbons (Fsp3) is 0.588. The molecule has 2 fully saturated rings. The van der Waals surface area contributed by atoms with E-state index >= 15 is 0 Å². The molecule has 7 nitrogen and oxygen atoms in total. The number of nitrogens with one attached hydrogen (secondary N) is 1. The molecule has 0 atom stereocenters. The molecule has 24 heavy (non-hydrogen) atoms. The number of amides is 1. The van der Waals surface area contributed by atoms with Crippen molar-refractivity contribution < 1.29 is 14.8 Å². The van der Waals surface area contributed by atoms with Gasteiger partial charge in [-0.05, 0) is 37.8 Å². The summed E-state index contributed by atoms with van der Waals surface area (Å²) < 4.78 is 0. The number of anilines is 1. The van der Waals surface area contributed by atoms with Crippen LogP contribution in [0.1, 0.15) is 48.9 Å². The van der Waals surface area contributed by atoms with Gasteiger partial charge >= 0.3 is 0 Å². The van der Waals surface area contributed by atoms with Gasteiger partial charge in [-0.25, -0.2) is 0 Å². The van der Waals surface area contributed by atoms with Crippen LogP contribution in [0.5, 0.6) is 0 Å². The van der Waals surface area contributed by atoms with Crippen LogP contribution < -0.4 is 10.2 Å². The van der Waals surface area contributed by atoms with E-state index in [4.69, 9.17) is 0 Å². The van der Waals surface area contributed by atoms with Crippen LogP contribution in [0.2, 0.25) is 0 Å². The van der Waals surface area contributed by atoms with Crippen LogP contribution in [0.3, 0.4) is 0 Å². The lowest BCUT2D eigenvalue weighted by atomic mass is 9.98. The lowest BCUT2D eigenvalue weighted by molar-refractivity contribution is -0.384. The Morgan fingerprint density at radius 2 is 1.92 bits per heavy atom. The van der Waals surface area contributed by atoms with Crippen molar-refractivity contribution >= 4 is 17.3 Å². The first-order valence-electron chi connectivity index (χ1n) is 8.51. The van der Waals surface area contributed by atoms with E-state index in [1.807, 2.05) is 4.90 Å². The monoisotopic (exact) mass is 333 g/mol. The number of benzene rings is 1. The number of rotatable bonds is 5. The van der Waals surface area contributed by atoms with E-state index in [1.54, 1.807) is 12.1 Å². The number of nitrogens with zero attached hydrogens (tertiary/aromatic N) is 2. The number of carbonyl (C=O) groups is 1. The second-order valence-corrected chi connectivity index (χ2v) is 6.75. The van der Waals surface area contributed by atoms with Crippen LogP contribution >= 0.6 is 0 Å². The molecule has 2 N–H and O–H groups in total. The third-order valence-corrected chi connectivity index (χ3v) is 5.12. The molecule has 1 aromatic rings. The highest BCUT2D eigenvalue weighted by Crippen LogP contribution is 2.33. The number of hydrogen-bond acceptors (Lipinski definition) is 5. The van der Waals surface area contributed by atoms with Crippen molar-refractivity contribution in [3.63, 3.8) is 0 Å². The molecule has 1 saturated heterocycles. The molecule has 0 aromatic heterocycles. The van der Waals surface area contributed by atoms with E-state index < -0.39 is 10.5 Å². The summed E-state index contributed by atoms with van der Waals surface area (Å²) in [4.78, 5) is 25.5. The van der Waals surface area contributed by atoms with Crippen molar-refractivity contribution in [3.8, 4) is 0 Å². The predicted octanol–water partition coefficient (Wildman–Crippen LogP) is 2.23. The first-order valence-corrected chi connectivity index (χ1v) is 8.51. The van der Waals surface area contributed by atoms with Gasteiger partial charge in [-0.15, -0.1) is 0 Å². The van der Waals surface area contributed by atoms with Crippen molar-refractivity contribution in [1.82, 2.24) is 5.32 Å². The Morgan fingerprint density at radius 3 is 2.50 bits per heavy atom. The summed E-state index contributed by atoms with van der Waals surface area (Å²) in [7, 11) is 0. The minimum Gasteiger partial charge on any atom is -0.394 e. The van der Waals surface area contributed by atoms with Crippen LogP contribution in [-0.4, -0.2) is 41.2 Å². The van der Waals surface area contributed by atoms with Gasteiger partial charge in [-0.3, -0.25) is 14.9 Å². The molecule has 130 valence electrons. The van der Waals surface area contributed by atoms with Crippen molar-refractivity contribution in [2.45, 2.75) is 44.1 Å². The number of nitro groups is 1. The fourth-order valence-corrected chi connectivity index (χ4v) is 3.72. The first-order chi connectivity index (χ1) is 11.5. The summed E-state index contributed by atoms with van der Waals surface area (Å²) in [5, 5.41) is 23.9. The summed E-state index contributed by atoms with van der Waals surface area (Å²) in [6.07, 6.45) is 5.47. The Hall–Kier alpha value is -2.15. The van der Waals surface area contributed by atoms with E-state index in [0.717, 1.165) is 51.6 Å². The normalized spacial score (nSPS) is 19.5. The molecular weight excluding hydrogens is 310 g/mol. The standard InChI is InChI=1S/C17H23N3O4/c21-12-17(7-1-2-8-17)18-16(22)13-5-6-14(15(11-13)20(23)24)19-9-3-4-10-19/h5-6,11,21H,1-4,7-10,12H2,(H,18,22). The Bertz CT molecular complexity index is 635. The zero-order valence-electron chi connectivity index (χ0n) is 13.7. The molecule has 0 spiro atoms. The van der Waals surface area contributed by atoms with Crippen LogP contribution in [0.4, 0.5) is 11.4 Å². The average molecular weight is 333 g/mol. The highest BCUT2D eigenvalue weighted by Gasteiger charge is 2.35. The number of aliphatic hydroxyl groups excluding tert-OH is 1. The molecule has 3 rings (SSSR count). The fourth-order valence-electron chi connectivity index (χ4n) is 3.72. The van der Waals surface area contributed by atoms with Gasteiger partial charge in [0.2, 0.25) is 0 Å². The molecule has 1 aromatic carbocycles. The lowest BCUT2D eigenvalue weighted by Crippen LogP contribution is -2.49. The third kappa shape index (κ3) is 3.21. The number of hydrogen-bond donors (Lipinski definition) is 2. The maximum atomic E-state index is 12.5. The molecule has 7 heteroatoms. The predicted molar refractivity (Wildman–Crippen MR) is 90.3 cm³/mol. The van der Waals surface area contributed by atoms with Crippen molar-refractivity contribution in [2.75, 3.05) is 24.6 Å². The largest absolute Gasteiger partial charge is 0.394 e. The number of carbonyl (C=O) groups excluding carboxylic acids is 1. The van der Waals surface area contributed by atoms with E-state index in [2.05, 4.69) is 5.32 Å². The number of aliphatic hydroxyl groups is 1. The second kappa shape index (κ2) is 6.76. The van der Waals surface area contributed by atoms with Crippen LogP contribution in [0, 0.1) is 10.1 Å². The maximum Gasteiger partial charge on any atom is 0.293 e. The SMILES string of the molecule is O=C(NC1(CO)CCCC1)c1ccc(N2CCCC2)c([N+](=O)[O-])c1. The van der Waals surface area contributed by atoms with E-state index in [1.165, 1.54) is 6.07 Å². The quantitative estimate of drug-likeness (QED) is 0.636. The summed E-state index contributed by atoms with van der Waals surface area (Å²) in [5.41, 5.74) is 0.227. The molecule has 0 bridgehead atoms. The third-order valence-electron chi connectivity index (χ3n) is 5.12. The Kier molecular flexibility index (Phi) is 4.71. The van der Waals surface area contributed by atoms with E-state index in [-0.39, 0.29) is 23.8 Å². The van der Waals surface area contributed by atoms with Gasteiger partial charge in [0.25, 0.3) is 11.6 Å². The van der Waals surface area contributed by atoms with Gasteiger partial charge in [0.1, 0.15) is 5.69 Å². The Labute approximate surface area is 140 Å². The Balaban J connectivity index is 1.84. The van der Waals surface area contributed by atoms with Crippen molar-refractivity contribution in [1.29, 1.82) is 0 Å². The average Bonchev–Trinajstić information content (AvgIpc) is 3.26. The molecule has 0 radical (unpaired) electrons. The molecular formula is C17H23N3O4. The topological polar surface area (TPSA) is 95.7 Å². The minimum atomic E-state index is -0.584. The van der Waals surface area contributed by atoms with Gasteiger partial charge in [0.05, 0.1) is 17.1 Å². The van der Waals surface area contributed by atoms with Gasteiger partial charge in [0.15, 0.2) is 0 Å². The van der Waals surface area contributed by atoms with Gasteiger partial charge < -0.3 is 15.3 Å².